The van der Waals surface area contributed by atoms with E-state index < -0.39 is 16.1 Å². The van der Waals surface area contributed by atoms with Gasteiger partial charge in [0.15, 0.2) is 0 Å². The van der Waals surface area contributed by atoms with Crippen LogP contribution in [0.1, 0.15) is 44.2 Å². The van der Waals surface area contributed by atoms with Gasteiger partial charge in [-0.25, -0.2) is 8.42 Å². The molecule has 0 spiro atoms. The number of hydrogen-bond donors (Lipinski definition) is 1. The van der Waals surface area contributed by atoms with Gasteiger partial charge in [0, 0.05) is 31.6 Å². The molecular weight excluding hydrogens is 448 g/mol. The van der Waals surface area contributed by atoms with Gasteiger partial charge in [0.25, 0.3) is 0 Å². The highest BCUT2D eigenvalue weighted by molar-refractivity contribution is 7.89. The van der Waals surface area contributed by atoms with Gasteiger partial charge in [-0.2, -0.15) is 4.31 Å². The van der Waals surface area contributed by atoms with Crippen molar-refractivity contribution in [1.29, 1.82) is 0 Å². The normalized spacial score (nSPS) is 23.5. The monoisotopic (exact) mass is 484 g/mol. The van der Waals surface area contributed by atoms with E-state index in [9.17, 15) is 13.5 Å². The van der Waals surface area contributed by atoms with Crippen LogP contribution in [0.3, 0.4) is 0 Å². The molecular formula is C27H36N2O4S. The average Bonchev–Trinajstić information content (AvgIpc) is 3.36. The summed E-state index contributed by atoms with van der Waals surface area (Å²) in [4.78, 5) is 2.40. The van der Waals surface area contributed by atoms with Gasteiger partial charge in [0.2, 0.25) is 10.0 Å². The number of rotatable bonds is 7. The number of aliphatic hydroxyl groups is 1. The standard InChI is InChI=1S/C27H36N2O4S/c1-20-16-29(21(2)19-30)34(31,32)27-14-13-24(23-11-7-8-12-23)15-25(27)33-26(20)18-28(3)17-22-9-5-4-6-10-22/h4-6,9-11,13-15,20-21,26,30H,7-8,12,16-19H2,1-3H3/t20-,21-,26-/m1/s1. The molecule has 1 heterocycles. The highest BCUT2D eigenvalue weighted by atomic mass is 32.2. The van der Waals surface area contributed by atoms with Gasteiger partial charge >= 0.3 is 0 Å². The highest BCUT2D eigenvalue weighted by Crippen LogP contribution is 2.37. The number of sulfonamides is 1. The van der Waals surface area contributed by atoms with E-state index in [1.54, 1.807) is 13.0 Å². The SMILES string of the molecule is C[C@@H]1CN([C@H](C)CO)S(=O)(=O)c2ccc(C3=CCCC3)cc2O[C@@H]1CN(C)Cc1ccccc1. The summed E-state index contributed by atoms with van der Waals surface area (Å²) in [5, 5.41) is 9.83. The second-order valence-electron chi connectivity index (χ2n) is 9.71. The van der Waals surface area contributed by atoms with Gasteiger partial charge in [-0.05, 0) is 62.1 Å². The molecule has 0 saturated heterocycles. The second kappa shape index (κ2) is 10.6. The van der Waals surface area contributed by atoms with Crippen molar-refractivity contribution in [3.8, 4) is 5.75 Å². The maximum atomic E-state index is 13.6. The first-order valence-electron chi connectivity index (χ1n) is 12.1. The zero-order valence-corrected chi connectivity index (χ0v) is 21.2. The van der Waals surface area contributed by atoms with Crippen LogP contribution in [0.5, 0.6) is 5.75 Å². The molecule has 6 nitrogen and oxygen atoms in total. The van der Waals surface area contributed by atoms with Crippen molar-refractivity contribution in [2.75, 3.05) is 26.7 Å². The number of hydrogen-bond acceptors (Lipinski definition) is 5. The smallest absolute Gasteiger partial charge is 0.247 e. The van der Waals surface area contributed by atoms with E-state index in [4.69, 9.17) is 4.74 Å². The molecule has 2 aromatic rings. The molecule has 4 rings (SSSR count). The van der Waals surface area contributed by atoms with Crippen LogP contribution in [0.4, 0.5) is 0 Å². The molecule has 2 aromatic carbocycles. The molecule has 0 saturated carbocycles. The molecule has 2 aliphatic rings. The minimum atomic E-state index is -3.81. The maximum absolute atomic E-state index is 13.6. The third-order valence-corrected chi connectivity index (χ3v) is 8.89. The number of allylic oxidation sites excluding steroid dienone is 2. The fourth-order valence-electron chi connectivity index (χ4n) is 4.84. The Labute approximate surface area is 203 Å². The van der Waals surface area contributed by atoms with Gasteiger partial charge in [0.1, 0.15) is 16.7 Å². The van der Waals surface area contributed by atoms with Crippen molar-refractivity contribution in [3.05, 3.63) is 65.7 Å². The Hall–Kier alpha value is -2.19. The van der Waals surface area contributed by atoms with E-state index in [0.29, 0.717) is 18.8 Å². The molecule has 0 fully saturated rings. The Morgan fingerprint density at radius 1 is 1.21 bits per heavy atom. The lowest BCUT2D eigenvalue weighted by Crippen LogP contribution is -2.49. The summed E-state index contributed by atoms with van der Waals surface area (Å²) < 4.78 is 35.2. The molecule has 184 valence electrons. The minimum Gasteiger partial charge on any atom is -0.487 e. The van der Waals surface area contributed by atoms with Crippen molar-refractivity contribution in [2.45, 2.75) is 56.7 Å². The highest BCUT2D eigenvalue weighted by Gasteiger charge is 2.38. The predicted octanol–water partition coefficient (Wildman–Crippen LogP) is 4.15. The summed E-state index contributed by atoms with van der Waals surface area (Å²) >= 11 is 0. The van der Waals surface area contributed by atoms with E-state index in [-0.39, 0.29) is 23.5 Å². The molecule has 7 heteroatoms. The first-order chi connectivity index (χ1) is 16.3. The first-order valence-corrected chi connectivity index (χ1v) is 13.6. The summed E-state index contributed by atoms with van der Waals surface area (Å²) in [6.07, 6.45) is 5.20. The molecule has 0 bridgehead atoms. The number of aliphatic hydroxyl groups excluding tert-OH is 1. The van der Waals surface area contributed by atoms with Crippen LogP contribution in [0.2, 0.25) is 0 Å². The van der Waals surface area contributed by atoms with Crippen molar-refractivity contribution < 1.29 is 18.3 Å². The lowest BCUT2D eigenvalue weighted by atomic mass is 10.0. The van der Waals surface area contributed by atoms with Crippen LogP contribution in [-0.2, 0) is 16.6 Å². The van der Waals surface area contributed by atoms with Gasteiger partial charge in [0.05, 0.1) is 6.61 Å². The average molecular weight is 485 g/mol. The molecule has 1 aliphatic heterocycles. The van der Waals surface area contributed by atoms with Gasteiger partial charge < -0.3 is 9.84 Å². The van der Waals surface area contributed by atoms with E-state index in [0.717, 1.165) is 31.4 Å². The summed E-state index contributed by atoms with van der Waals surface area (Å²) in [7, 11) is -1.75. The van der Waals surface area contributed by atoms with Crippen LogP contribution in [0, 0.1) is 5.92 Å². The van der Waals surface area contributed by atoms with Crippen LogP contribution >= 0.6 is 0 Å². The fraction of sp³-hybridized carbons (Fsp3) is 0.481. The third kappa shape index (κ3) is 5.38. The number of ether oxygens (including phenoxy) is 1. The van der Waals surface area contributed by atoms with Crippen molar-refractivity contribution in [3.63, 3.8) is 0 Å². The number of nitrogens with zero attached hydrogens (tertiary/aromatic N) is 2. The Kier molecular flexibility index (Phi) is 7.77. The molecule has 0 aromatic heterocycles. The van der Waals surface area contributed by atoms with E-state index in [1.165, 1.54) is 15.4 Å². The van der Waals surface area contributed by atoms with E-state index in [1.807, 2.05) is 37.3 Å². The first kappa shape index (κ1) is 24.9. The number of likely N-dealkylation sites (N-methyl/N-ethyl adjacent to an activating group) is 1. The van der Waals surface area contributed by atoms with Crippen LogP contribution < -0.4 is 4.74 Å². The Morgan fingerprint density at radius 2 is 1.97 bits per heavy atom. The van der Waals surface area contributed by atoms with Crippen molar-refractivity contribution in [2.24, 2.45) is 5.92 Å². The van der Waals surface area contributed by atoms with E-state index >= 15 is 0 Å². The Morgan fingerprint density at radius 3 is 2.65 bits per heavy atom. The maximum Gasteiger partial charge on any atom is 0.247 e. The van der Waals surface area contributed by atoms with Crippen molar-refractivity contribution >= 4 is 15.6 Å². The predicted molar refractivity (Wildman–Crippen MR) is 135 cm³/mol. The van der Waals surface area contributed by atoms with Gasteiger partial charge in [-0.1, -0.05) is 49.4 Å². The van der Waals surface area contributed by atoms with Crippen LogP contribution in [0.15, 0.2) is 59.5 Å². The largest absolute Gasteiger partial charge is 0.487 e. The third-order valence-electron chi connectivity index (χ3n) is 6.87. The number of fused-ring (bicyclic) bond motifs is 1. The lowest BCUT2D eigenvalue weighted by molar-refractivity contribution is 0.0733. The quantitative estimate of drug-likeness (QED) is 0.639. The lowest BCUT2D eigenvalue weighted by Gasteiger charge is -2.37. The zero-order chi connectivity index (χ0) is 24.3. The van der Waals surface area contributed by atoms with Gasteiger partial charge in [-0.15, -0.1) is 0 Å². The molecule has 34 heavy (non-hydrogen) atoms. The molecule has 0 unspecified atom stereocenters. The minimum absolute atomic E-state index is 0.0653. The van der Waals surface area contributed by atoms with E-state index in [2.05, 4.69) is 30.2 Å². The number of benzene rings is 2. The summed E-state index contributed by atoms with van der Waals surface area (Å²) in [6.45, 7) is 5.28. The molecule has 0 amide bonds. The summed E-state index contributed by atoms with van der Waals surface area (Å²) in [6, 6.07) is 15.2. The second-order valence-corrected chi connectivity index (χ2v) is 11.6. The molecule has 0 radical (unpaired) electrons. The van der Waals surface area contributed by atoms with Gasteiger partial charge in [-0.3, -0.25) is 4.90 Å². The Balaban J connectivity index is 1.69. The van der Waals surface area contributed by atoms with Crippen molar-refractivity contribution in [1.82, 2.24) is 9.21 Å². The molecule has 1 aliphatic carbocycles. The topological polar surface area (TPSA) is 70.1 Å². The summed E-state index contributed by atoms with van der Waals surface area (Å²) in [5.74, 6) is 0.342. The molecule has 1 N–H and O–H groups in total. The molecule has 3 atom stereocenters. The summed E-state index contributed by atoms with van der Waals surface area (Å²) in [5.41, 5.74) is 3.49. The van der Waals surface area contributed by atoms with Crippen LogP contribution in [0.25, 0.3) is 5.57 Å². The fourth-order valence-corrected chi connectivity index (χ4v) is 6.67. The zero-order valence-electron chi connectivity index (χ0n) is 20.4. The van der Waals surface area contributed by atoms with Crippen LogP contribution in [-0.4, -0.2) is 61.6 Å². The Bertz CT molecular complexity index is 1120.